The number of anilines is 1. The third-order valence-corrected chi connectivity index (χ3v) is 4.96. The van der Waals surface area contributed by atoms with Gasteiger partial charge in [0.1, 0.15) is 5.75 Å². The molecule has 7 heteroatoms. The van der Waals surface area contributed by atoms with Gasteiger partial charge in [-0.1, -0.05) is 18.2 Å². The van der Waals surface area contributed by atoms with E-state index in [1.54, 1.807) is 7.11 Å². The number of carbonyl (C=O) groups excluding carboxylic acids is 1. The van der Waals surface area contributed by atoms with Crippen LogP contribution in [0, 0.1) is 0 Å². The van der Waals surface area contributed by atoms with Crippen molar-refractivity contribution in [2.24, 2.45) is 0 Å². The quantitative estimate of drug-likeness (QED) is 0.530. The Morgan fingerprint density at radius 2 is 1.89 bits per heavy atom. The van der Waals surface area contributed by atoms with E-state index < -0.39 is 0 Å². The second kappa shape index (κ2) is 8.24. The highest BCUT2D eigenvalue weighted by Crippen LogP contribution is 2.25. The number of halogens is 1. The first-order chi connectivity index (χ1) is 12.7. The lowest BCUT2D eigenvalue weighted by Crippen LogP contribution is -2.15. The fourth-order valence-electron chi connectivity index (χ4n) is 2.75. The van der Waals surface area contributed by atoms with Crippen LogP contribution >= 0.6 is 23.7 Å². The van der Waals surface area contributed by atoms with E-state index in [2.05, 4.69) is 10.3 Å². The normalized spacial score (nSPS) is 10.4. The van der Waals surface area contributed by atoms with Crippen LogP contribution in [0.5, 0.6) is 5.75 Å². The summed E-state index contributed by atoms with van der Waals surface area (Å²) < 4.78 is 7.17. The fraction of sp³-hybridized carbons (Fsp3) is 0.100. The Balaban J connectivity index is 0.00000210. The van der Waals surface area contributed by atoms with Crippen LogP contribution in [0.1, 0.15) is 5.69 Å². The van der Waals surface area contributed by atoms with Gasteiger partial charge in [-0.3, -0.25) is 9.20 Å². The molecule has 0 spiro atoms. The molecule has 0 aliphatic rings. The summed E-state index contributed by atoms with van der Waals surface area (Å²) in [6.07, 6.45) is 2.27. The second-order valence-corrected chi connectivity index (χ2v) is 6.66. The van der Waals surface area contributed by atoms with E-state index in [0.29, 0.717) is 6.42 Å². The van der Waals surface area contributed by atoms with Crippen LogP contribution in [0.25, 0.3) is 16.2 Å². The van der Waals surface area contributed by atoms with Crippen molar-refractivity contribution < 1.29 is 9.53 Å². The number of aromatic nitrogens is 2. The molecule has 1 amide bonds. The average molecular weight is 400 g/mol. The molecule has 2 aromatic carbocycles. The number of fused-ring (bicyclic) bond motifs is 1. The number of para-hydroxylation sites is 1. The molecule has 0 saturated carbocycles. The first kappa shape index (κ1) is 18.9. The summed E-state index contributed by atoms with van der Waals surface area (Å²) in [6, 6.07) is 17.3. The van der Waals surface area contributed by atoms with E-state index in [-0.39, 0.29) is 18.3 Å². The second-order valence-electron chi connectivity index (χ2n) is 5.83. The van der Waals surface area contributed by atoms with E-state index in [4.69, 9.17) is 4.74 Å². The molecule has 0 unspecified atom stereocenters. The Labute approximate surface area is 167 Å². The summed E-state index contributed by atoms with van der Waals surface area (Å²) >= 11 is 1.53. The molecule has 5 nitrogen and oxygen atoms in total. The number of imidazole rings is 1. The number of nitrogens with zero attached hydrogens (tertiary/aromatic N) is 2. The number of thiazole rings is 1. The highest BCUT2D eigenvalue weighted by atomic mass is 35.5. The summed E-state index contributed by atoms with van der Waals surface area (Å²) in [4.78, 5) is 17.8. The average Bonchev–Trinajstić information content (AvgIpc) is 3.25. The van der Waals surface area contributed by atoms with Crippen molar-refractivity contribution in [1.82, 2.24) is 9.38 Å². The van der Waals surface area contributed by atoms with Crippen molar-refractivity contribution in [2.45, 2.75) is 6.42 Å². The SMILES string of the molecule is COc1ccc(-c2cn3c(CC(=O)Nc4ccccc4)csc3n2)cc1.Cl. The zero-order chi connectivity index (χ0) is 17.9. The van der Waals surface area contributed by atoms with Crippen LogP contribution in [0.3, 0.4) is 0 Å². The lowest BCUT2D eigenvalue weighted by Gasteiger charge is -2.04. The first-order valence-corrected chi connectivity index (χ1v) is 9.06. The Morgan fingerprint density at radius 3 is 2.59 bits per heavy atom. The Kier molecular flexibility index (Phi) is 5.78. The molecule has 4 aromatic rings. The van der Waals surface area contributed by atoms with Crippen molar-refractivity contribution in [1.29, 1.82) is 0 Å². The van der Waals surface area contributed by atoms with E-state index in [0.717, 1.165) is 33.3 Å². The Morgan fingerprint density at radius 1 is 1.15 bits per heavy atom. The number of ether oxygens (including phenoxy) is 1. The maximum atomic E-state index is 12.3. The van der Waals surface area contributed by atoms with Crippen LogP contribution in [-0.2, 0) is 11.2 Å². The van der Waals surface area contributed by atoms with Gasteiger partial charge in [-0.2, -0.15) is 0 Å². The topological polar surface area (TPSA) is 55.6 Å². The van der Waals surface area contributed by atoms with Crippen LogP contribution in [-0.4, -0.2) is 22.4 Å². The molecule has 4 rings (SSSR count). The van der Waals surface area contributed by atoms with Gasteiger partial charge in [0.2, 0.25) is 5.91 Å². The minimum Gasteiger partial charge on any atom is -0.497 e. The molecular weight excluding hydrogens is 382 g/mol. The van der Waals surface area contributed by atoms with E-state index >= 15 is 0 Å². The van der Waals surface area contributed by atoms with E-state index in [9.17, 15) is 4.79 Å². The number of methoxy groups -OCH3 is 1. The number of rotatable bonds is 5. The molecule has 0 saturated heterocycles. The predicted molar refractivity (Wildman–Crippen MR) is 111 cm³/mol. The van der Waals surface area contributed by atoms with Crippen molar-refractivity contribution in [3.05, 3.63) is 71.9 Å². The molecule has 0 bridgehead atoms. The van der Waals surface area contributed by atoms with Crippen molar-refractivity contribution in [2.75, 3.05) is 12.4 Å². The molecule has 27 heavy (non-hydrogen) atoms. The molecule has 0 atom stereocenters. The van der Waals surface area contributed by atoms with E-state index in [1.807, 2.05) is 70.6 Å². The van der Waals surface area contributed by atoms with Crippen molar-refractivity contribution in [3.63, 3.8) is 0 Å². The Hall–Kier alpha value is -2.83. The summed E-state index contributed by atoms with van der Waals surface area (Å²) in [7, 11) is 1.65. The molecule has 0 radical (unpaired) electrons. The van der Waals surface area contributed by atoms with Crippen molar-refractivity contribution in [3.8, 4) is 17.0 Å². The standard InChI is InChI=1S/C20H17N3O2S.ClH/c1-25-17-9-7-14(8-10-17)18-12-23-16(13-26-20(23)22-18)11-19(24)21-15-5-3-2-4-6-15;/h2-10,12-13H,11H2,1H3,(H,21,24);1H. The molecule has 0 aliphatic carbocycles. The monoisotopic (exact) mass is 399 g/mol. The lowest BCUT2D eigenvalue weighted by atomic mass is 10.2. The van der Waals surface area contributed by atoms with Gasteiger partial charge in [0.25, 0.3) is 0 Å². The molecule has 138 valence electrons. The Bertz CT molecular complexity index is 1040. The maximum Gasteiger partial charge on any atom is 0.230 e. The molecule has 0 fully saturated rings. The molecule has 1 N–H and O–H groups in total. The number of hydrogen-bond acceptors (Lipinski definition) is 4. The van der Waals surface area contributed by atoms with Gasteiger partial charge in [-0.25, -0.2) is 4.98 Å². The molecular formula is C20H18ClN3O2S. The van der Waals surface area contributed by atoms with Gasteiger partial charge in [0.05, 0.1) is 19.2 Å². The zero-order valence-electron chi connectivity index (χ0n) is 14.6. The predicted octanol–water partition coefficient (Wildman–Crippen LogP) is 4.67. The van der Waals surface area contributed by atoms with Crippen LogP contribution in [0.15, 0.2) is 66.2 Å². The summed E-state index contributed by atoms with van der Waals surface area (Å²) in [5.41, 5.74) is 3.62. The van der Waals surface area contributed by atoms with Crippen LogP contribution in [0.4, 0.5) is 5.69 Å². The van der Waals surface area contributed by atoms with Gasteiger partial charge in [-0.15, -0.1) is 23.7 Å². The van der Waals surface area contributed by atoms with E-state index in [1.165, 1.54) is 11.3 Å². The first-order valence-electron chi connectivity index (χ1n) is 8.18. The summed E-state index contributed by atoms with van der Waals surface area (Å²) in [5, 5.41) is 4.89. The zero-order valence-corrected chi connectivity index (χ0v) is 16.2. The van der Waals surface area contributed by atoms with Gasteiger partial charge < -0.3 is 10.1 Å². The minimum absolute atomic E-state index is 0. The lowest BCUT2D eigenvalue weighted by molar-refractivity contribution is -0.115. The number of hydrogen-bond donors (Lipinski definition) is 1. The maximum absolute atomic E-state index is 12.3. The molecule has 2 aromatic heterocycles. The summed E-state index contributed by atoms with van der Waals surface area (Å²) in [5.74, 6) is 0.767. The molecule has 2 heterocycles. The van der Waals surface area contributed by atoms with Gasteiger partial charge in [0.15, 0.2) is 4.96 Å². The smallest absolute Gasteiger partial charge is 0.230 e. The van der Waals surface area contributed by atoms with Crippen LogP contribution in [0.2, 0.25) is 0 Å². The van der Waals surface area contributed by atoms with Gasteiger partial charge in [0, 0.05) is 28.5 Å². The minimum atomic E-state index is -0.0457. The third-order valence-electron chi connectivity index (χ3n) is 4.07. The van der Waals surface area contributed by atoms with Gasteiger partial charge in [-0.05, 0) is 36.4 Å². The molecule has 0 aliphatic heterocycles. The number of nitrogens with one attached hydrogen (secondary N) is 1. The van der Waals surface area contributed by atoms with Gasteiger partial charge >= 0.3 is 0 Å². The highest BCUT2D eigenvalue weighted by Gasteiger charge is 2.13. The highest BCUT2D eigenvalue weighted by molar-refractivity contribution is 7.15. The third kappa shape index (κ3) is 4.13. The fourth-order valence-corrected chi connectivity index (χ4v) is 3.62. The number of amides is 1. The largest absolute Gasteiger partial charge is 0.497 e. The van der Waals surface area contributed by atoms with Crippen molar-refractivity contribution >= 4 is 40.3 Å². The summed E-state index contributed by atoms with van der Waals surface area (Å²) in [6.45, 7) is 0. The number of benzene rings is 2. The number of carbonyl (C=O) groups is 1. The van der Waals surface area contributed by atoms with Crippen LogP contribution < -0.4 is 10.1 Å².